The van der Waals surface area contributed by atoms with Crippen molar-refractivity contribution in [3.05, 3.63) is 39.9 Å². The van der Waals surface area contributed by atoms with Gasteiger partial charge < -0.3 is 15.2 Å². The van der Waals surface area contributed by atoms with E-state index in [0.29, 0.717) is 34.2 Å². The molecule has 2 saturated heterocycles. The summed E-state index contributed by atoms with van der Waals surface area (Å²) in [6.45, 7) is 0. The standard InChI is InChI=1S/C22H24ClN7O/c1-24-16-8-11-4-7-17(16)30(11)22-26-20-18(21(31)29(22)3)13(9-25-20)12-5-6-15-14(19(12)23)10-28(2)27-15/h5-6,9-11,16-17,24-25H,4,7-8H2,1-3H3/t11-,16+,17+/m0/s1. The lowest BCUT2D eigenvalue weighted by Crippen LogP contribution is -2.41. The van der Waals surface area contributed by atoms with Crippen molar-refractivity contribution in [3.8, 4) is 11.1 Å². The van der Waals surface area contributed by atoms with Crippen LogP contribution in [0.2, 0.25) is 5.02 Å². The second kappa shape index (κ2) is 6.58. The second-order valence-corrected chi connectivity index (χ2v) is 9.08. The van der Waals surface area contributed by atoms with Crippen LogP contribution in [-0.4, -0.2) is 49.5 Å². The highest BCUT2D eigenvalue weighted by molar-refractivity contribution is 6.38. The third kappa shape index (κ3) is 2.55. The smallest absolute Gasteiger partial charge is 0.264 e. The van der Waals surface area contributed by atoms with Gasteiger partial charge in [0.15, 0.2) is 0 Å². The lowest BCUT2D eigenvalue weighted by Gasteiger charge is -2.26. The first-order chi connectivity index (χ1) is 15.0. The van der Waals surface area contributed by atoms with Crippen LogP contribution < -0.4 is 15.8 Å². The molecule has 2 aliphatic rings. The van der Waals surface area contributed by atoms with Crippen LogP contribution in [0, 0.1) is 0 Å². The van der Waals surface area contributed by atoms with Gasteiger partial charge in [-0.05, 0) is 32.4 Å². The number of hydrogen-bond donors (Lipinski definition) is 2. The van der Waals surface area contributed by atoms with Crippen LogP contribution in [0.15, 0.2) is 29.3 Å². The van der Waals surface area contributed by atoms with E-state index in [0.717, 1.165) is 47.2 Å². The van der Waals surface area contributed by atoms with Crippen LogP contribution in [0.5, 0.6) is 0 Å². The SMILES string of the molecule is CN[C@@H]1C[C@@H]2CC[C@H]1N2c1nc2[nH]cc(-c3ccc4nn(C)cc4c3Cl)c2c(=O)n1C. The summed E-state index contributed by atoms with van der Waals surface area (Å²) in [6.07, 6.45) is 7.09. The number of benzene rings is 1. The molecule has 160 valence electrons. The molecule has 0 amide bonds. The molecule has 0 unspecified atom stereocenters. The number of nitrogens with one attached hydrogen (secondary N) is 2. The van der Waals surface area contributed by atoms with Crippen molar-refractivity contribution >= 4 is 39.5 Å². The lowest BCUT2D eigenvalue weighted by molar-refractivity contribution is 0.445. The van der Waals surface area contributed by atoms with E-state index < -0.39 is 0 Å². The Morgan fingerprint density at radius 3 is 2.84 bits per heavy atom. The summed E-state index contributed by atoms with van der Waals surface area (Å²) in [6, 6.07) is 5.10. The molecule has 2 aliphatic heterocycles. The molecule has 2 bridgehead atoms. The van der Waals surface area contributed by atoms with Crippen molar-refractivity contribution in [3.63, 3.8) is 0 Å². The molecular weight excluding hydrogens is 414 g/mol. The summed E-state index contributed by atoms with van der Waals surface area (Å²) in [7, 11) is 5.70. The van der Waals surface area contributed by atoms with E-state index in [1.54, 1.807) is 9.25 Å². The first-order valence-electron chi connectivity index (χ1n) is 10.6. The molecule has 0 spiro atoms. The number of aryl methyl sites for hydroxylation is 1. The average Bonchev–Trinajstić information content (AvgIpc) is 3.52. The van der Waals surface area contributed by atoms with Gasteiger partial charge in [-0.1, -0.05) is 17.7 Å². The van der Waals surface area contributed by atoms with Crippen LogP contribution >= 0.6 is 11.6 Å². The number of rotatable bonds is 3. The fourth-order valence-electron chi connectivity index (χ4n) is 5.59. The lowest BCUT2D eigenvalue weighted by atomic mass is 9.96. The number of H-pyrrole nitrogens is 1. The van der Waals surface area contributed by atoms with Crippen molar-refractivity contribution in [2.24, 2.45) is 14.1 Å². The molecule has 2 N–H and O–H groups in total. The number of hydrogen-bond acceptors (Lipinski definition) is 5. The number of anilines is 1. The molecule has 0 radical (unpaired) electrons. The van der Waals surface area contributed by atoms with Gasteiger partial charge in [0.05, 0.1) is 15.9 Å². The van der Waals surface area contributed by atoms with Gasteiger partial charge in [0.25, 0.3) is 5.56 Å². The quantitative estimate of drug-likeness (QED) is 0.515. The highest BCUT2D eigenvalue weighted by atomic mass is 35.5. The van der Waals surface area contributed by atoms with Crippen LogP contribution in [0.25, 0.3) is 33.1 Å². The molecule has 3 atom stereocenters. The Bertz CT molecular complexity index is 1400. The van der Waals surface area contributed by atoms with Crippen LogP contribution in [0.4, 0.5) is 5.95 Å². The van der Waals surface area contributed by atoms with E-state index in [1.807, 2.05) is 45.7 Å². The Labute approximate surface area is 183 Å². The Morgan fingerprint density at radius 2 is 2.06 bits per heavy atom. The van der Waals surface area contributed by atoms with Crippen molar-refractivity contribution in [1.82, 2.24) is 29.6 Å². The number of likely N-dealkylation sites (N-methyl/N-ethyl adjacent to an activating group) is 1. The third-order valence-electron chi connectivity index (χ3n) is 7.06. The fraction of sp³-hybridized carbons (Fsp3) is 0.409. The minimum Gasteiger partial charge on any atom is -0.345 e. The van der Waals surface area contributed by atoms with Gasteiger partial charge in [0.1, 0.15) is 5.65 Å². The van der Waals surface area contributed by atoms with Crippen LogP contribution in [-0.2, 0) is 14.1 Å². The number of fused-ring (bicyclic) bond motifs is 4. The topological polar surface area (TPSA) is 83.8 Å². The van der Waals surface area contributed by atoms with Gasteiger partial charge >= 0.3 is 0 Å². The normalized spacial score (nSPS) is 23.0. The molecule has 31 heavy (non-hydrogen) atoms. The van der Waals surface area contributed by atoms with Gasteiger partial charge in [0.2, 0.25) is 5.95 Å². The molecule has 1 aromatic carbocycles. The Hall–Kier alpha value is -2.84. The zero-order valence-corrected chi connectivity index (χ0v) is 18.4. The Balaban J connectivity index is 1.52. The van der Waals surface area contributed by atoms with Crippen molar-refractivity contribution in [1.29, 1.82) is 0 Å². The molecular formula is C22H24ClN7O. The van der Waals surface area contributed by atoms with E-state index in [1.165, 1.54) is 0 Å². The maximum absolute atomic E-state index is 13.5. The summed E-state index contributed by atoms with van der Waals surface area (Å²) in [5, 5.41) is 9.86. The van der Waals surface area contributed by atoms with Crippen molar-refractivity contribution in [2.45, 2.75) is 37.4 Å². The first kappa shape index (κ1) is 18.9. The highest BCUT2D eigenvalue weighted by Gasteiger charge is 2.47. The maximum atomic E-state index is 13.5. The largest absolute Gasteiger partial charge is 0.345 e. The summed E-state index contributed by atoms with van der Waals surface area (Å²) in [5.74, 6) is 0.741. The minimum atomic E-state index is -0.0640. The predicted octanol–water partition coefficient (Wildman–Crippen LogP) is 2.80. The molecule has 3 aromatic heterocycles. The van der Waals surface area contributed by atoms with Gasteiger partial charge in [0, 0.05) is 61.1 Å². The molecule has 8 nitrogen and oxygen atoms in total. The highest BCUT2D eigenvalue weighted by Crippen LogP contribution is 2.41. The zero-order valence-electron chi connectivity index (χ0n) is 17.7. The molecule has 0 saturated carbocycles. The van der Waals surface area contributed by atoms with Gasteiger partial charge in [-0.25, -0.2) is 0 Å². The predicted molar refractivity (Wildman–Crippen MR) is 123 cm³/mol. The maximum Gasteiger partial charge on any atom is 0.264 e. The summed E-state index contributed by atoms with van der Waals surface area (Å²) >= 11 is 6.74. The monoisotopic (exact) mass is 437 g/mol. The molecule has 9 heteroatoms. The van der Waals surface area contributed by atoms with Crippen LogP contribution in [0.1, 0.15) is 19.3 Å². The van der Waals surface area contributed by atoms with Crippen molar-refractivity contribution < 1.29 is 0 Å². The third-order valence-corrected chi connectivity index (χ3v) is 7.46. The molecule has 0 aliphatic carbocycles. The zero-order chi connectivity index (χ0) is 21.4. The van der Waals surface area contributed by atoms with Crippen molar-refractivity contribution in [2.75, 3.05) is 11.9 Å². The fourth-order valence-corrected chi connectivity index (χ4v) is 5.90. The van der Waals surface area contributed by atoms with E-state index in [-0.39, 0.29) is 5.56 Å². The van der Waals surface area contributed by atoms with Gasteiger partial charge in [-0.15, -0.1) is 0 Å². The first-order valence-corrected chi connectivity index (χ1v) is 11.0. The minimum absolute atomic E-state index is 0.0640. The molecule has 2 fully saturated rings. The van der Waals surface area contributed by atoms with Crippen LogP contribution in [0.3, 0.4) is 0 Å². The Morgan fingerprint density at radius 1 is 1.23 bits per heavy atom. The van der Waals surface area contributed by atoms with Gasteiger partial charge in [-0.3, -0.25) is 14.0 Å². The summed E-state index contributed by atoms with van der Waals surface area (Å²) < 4.78 is 3.44. The van der Waals surface area contributed by atoms with E-state index >= 15 is 0 Å². The van der Waals surface area contributed by atoms with E-state index in [4.69, 9.17) is 16.6 Å². The van der Waals surface area contributed by atoms with E-state index in [2.05, 4.69) is 20.3 Å². The summed E-state index contributed by atoms with van der Waals surface area (Å²) in [4.78, 5) is 24.0. The second-order valence-electron chi connectivity index (χ2n) is 8.70. The number of halogens is 1. The molecule has 5 heterocycles. The summed E-state index contributed by atoms with van der Waals surface area (Å²) in [5.41, 5.74) is 2.93. The number of aromatic nitrogens is 5. The molecule has 6 rings (SSSR count). The molecule has 4 aromatic rings. The Kier molecular flexibility index (Phi) is 4.01. The average molecular weight is 438 g/mol. The van der Waals surface area contributed by atoms with Gasteiger partial charge in [-0.2, -0.15) is 10.1 Å². The van der Waals surface area contributed by atoms with E-state index in [9.17, 15) is 4.79 Å². The number of aromatic amines is 1. The number of nitrogens with zero attached hydrogens (tertiary/aromatic N) is 5.